The lowest BCUT2D eigenvalue weighted by atomic mass is 10.1. The number of nitrogens with one attached hydrogen (secondary N) is 2. The third kappa shape index (κ3) is 3.92. The van der Waals surface area contributed by atoms with Gasteiger partial charge >= 0.3 is 0 Å². The molecule has 0 spiro atoms. The molecule has 2 heterocycles. The maximum atomic E-state index is 12.2. The van der Waals surface area contributed by atoms with Crippen LogP contribution in [-0.4, -0.2) is 22.4 Å². The third-order valence-electron chi connectivity index (χ3n) is 3.03. The quantitative estimate of drug-likeness (QED) is 0.891. The molecule has 0 aliphatic carbocycles. The fourth-order valence-electron chi connectivity index (χ4n) is 1.86. The Bertz CT molecular complexity index is 645. The minimum Gasteiger partial charge on any atom is -0.370 e. The monoisotopic (exact) mass is 304 g/mol. The predicted molar refractivity (Wildman–Crippen MR) is 83.6 cm³/mol. The van der Waals surface area contributed by atoms with Crippen LogP contribution in [-0.2, 0) is 6.54 Å². The van der Waals surface area contributed by atoms with E-state index in [1.165, 1.54) is 6.20 Å². The average molecular weight is 305 g/mol. The first-order chi connectivity index (χ1) is 10.1. The molecule has 1 amide bonds. The Kier molecular flexibility index (Phi) is 5.11. The zero-order valence-electron chi connectivity index (χ0n) is 12.0. The fraction of sp³-hybridized carbons (Fsp3) is 0.267. The van der Waals surface area contributed by atoms with Gasteiger partial charge in [0, 0.05) is 31.7 Å². The summed E-state index contributed by atoms with van der Waals surface area (Å²) < 4.78 is 0. The highest BCUT2D eigenvalue weighted by molar-refractivity contribution is 6.33. The minimum absolute atomic E-state index is 0.224. The molecule has 0 bridgehead atoms. The molecule has 5 nitrogen and oxygen atoms in total. The maximum Gasteiger partial charge on any atom is 0.253 e. The van der Waals surface area contributed by atoms with Crippen LogP contribution in [0.3, 0.4) is 0 Å². The van der Waals surface area contributed by atoms with Crippen molar-refractivity contribution in [2.45, 2.75) is 20.4 Å². The van der Waals surface area contributed by atoms with E-state index < -0.39 is 0 Å². The highest BCUT2D eigenvalue weighted by Crippen LogP contribution is 2.18. The molecule has 0 unspecified atom stereocenters. The number of aromatic nitrogens is 2. The van der Waals surface area contributed by atoms with Crippen molar-refractivity contribution < 1.29 is 4.79 Å². The van der Waals surface area contributed by atoms with Gasteiger partial charge in [0.25, 0.3) is 5.91 Å². The van der Waals surface area contributed by atoms with E-state index in [1.54, 1.807) is 18.5 Å². The van der Waals surface area contributed by atoms with Crippen LogP contribution in [0.1, 0.15) is 28.4 Å². The summed E-state index contributed by atoms with van der Waals surface area (Å²) in [6.45, 7) is 5.08. The number of halogens is 1. The van der Waals surface area contributed by atoms with E-state index in [0.717, 1.165) is 17.7 Å². The van der Waals surface area contributed by atoms with Crippen LogP contribution in [0.25, 0.3) is 0 Å². The Labute approximate surface area is 128 Å². The second kappa shape index (κ2) is 7.04. The molecular weight excluding hydrogens is 288 g/mol. The molecule has 0 aliphatic rings. The Morgan fingerprint density at radius 2 is 2.19 bits per heavy atom. The summed E-state index contributed by atoms with van der Waals surface area (Å²) in [6.07, 6.45) is 4.95. The van der Waals surface area contributed by atoms with Crippen LogP contribution in [0.5, 0.6) is 0 Å². The molecule has 0 saturated heterocycles. The largest absolute Gasteiger partial charge is 0.370 e. The second-order valence-electron chi connectivity index (χ2n) is 4.56. The Balaban J connectivity index is 2.10. The molecule has 2 rings (SSSR count). The van der Waals surface area contributed by atoms with E-state index in [-0.39, 0.29) is 5.91 Å². The van der Waals surface area contributed by atoms with Crippen molar-refractivity contribution in [2.24, 2.45) is 0 Å². The number of pyridine rings is 2. The lowest BCUT2D eigenvalue weighted by Crippen LogP contribution is -2.24. The van der Waals surface area contributed by atoms with Crippen LogP contribution >= 0.6 is 11.6 Å². The number of carbonyl (C=O) groups excluding carboxylic acids is 1. The molecule has 2 aromatic heterocycles. The molecule has 0 aliphatic heterocycles. The van der Waals surface area contributed by atoms with E-state index in [0.29, 0.717) is 22.9 Å². The van der Waals surface area contributed by atoms with Crippen LogP contribution < -0.4 is 10.6 Å². The molecule has 0 aromatic carbocycles. The van der Waals surface area contributed by atoms with Gasteiger partial charge in [-0.05, 0) is 37.1 Å². The van der Waals surface area contributed by atoms with E-state index in [4.69, 9.17) is 11.6 Å². The number of carbonyl (C=O) groups is 1. The lowest BCUT2D eigenvalue weighted by Gasteiger charge is -2.10. The summed E-state index contributed by atoms with van der Waals surface area (Å²) in [5.74, 6) is 0.407. The summed E-state index contributed by atoms with van der Waals surface area (Å²) in [5, 5.41) is 6.25. The second-order valence-corrected chi connectivity index (χ2v) is 4.97. The standard InChI is InChI=1S/C15H17ClN4O/c1-3-18-14-6-12(13(16)9-19-14)15(21)20-8-11-4-5-17-7-10(11)2/h4-7,9H,3,8H2,1-2H3,(H,18,19)(H,20,21). The molecule has 0 radical (unpaired) electrons. The summed E-state index contributed by atoms with van der Waals surface area (Å²) in [7, 11) is 0. The van der Waals surface area contributed by atoms with Gasteiger partial charge in [0.05, 0.1) is 10.6 Å². The van der Waals surface area contributed by atoms with Crippen LogP contribution in [0.4, 0.5) is 5.82 Å². The van der Waals surface area contributed by atoms with Gasteiger partial charge in [0.1, 0.15) is 5.82 Å². The van der Waals surface area contributed by atoms with Crippen molar-refractivity contribution in [1.29, 1.82) is 0 Å². The topological polar surface area (TPSA) is 66.9 Å². The molecule has 2 N–H and O–H groups in total. The molecule has 21 heavy (non-hydrogen) atoms. The van der Waals surface area contributed by atoms with Crippen LogP contribution in [0.2, 0.25) is 5.02 Å². The van der Waals surface area contributed by atoms with Crippen molar-refractivity contribution in [1.82, 2.24) is 15.3 Å². The summed E-state index contributed by atoms with van der Waals surface area (Å²) in [5.41, 5.74) is 2.47. The van der Waals surface area contributed by atoms with Gasteiger partial charge in [0.15, 0.2) is 0 Å². The van der Waals surface area contributed by atoms with Crippen molar-refractivity contribution in [3.63, 3.8) is 0 Å². The number of hydrogen-bond acceptors (Lipinski definition) is 4. The molecule has 110 valence electrons. The fourth-order valence-corrected chi connectivity index (χ4v) is 2.05. The molecule has 0 atom stereocenters. The van der Waals surface area contributed by atoms with E-state index in [2.05, 4.69) is 20.6 Å². The minimum atomic E-state index is -0.224. The molecule has 0 saturated carbocycles. The maximum absolute atomic E-state index is 12.2. The first kappa shape index (κ1) is 15.3. The SMILES string of the molecule is CCNc1cc(C(=O)NCc2ccncc2C)c(Cl)cn1. The summed E-state index contributed by atoms with van der Waals surface area (Å²) in [6, 6.07) is 3.54. The van der Waals surface area contributed by atoms with Gasteiger partial charge in [-0.15, -0.1) is 0 Å². The molecular formula is C15H17ClN4O. The van der Waals surface area contributed by atoms with E-state index >= 15 is 0 Å². The van der Waals surface area contributed by atoms with Crippen molar-refractivity contribution in [3.05, 3.63) is 52.4 Å². The number of aryl methyl sites for hydroxylation is 1. The zero-order chi connectivity index (χ0) is 15.2. The van der Waals surface area contributed by atoms with Crippen molar-refractivity contribution >= 4 is 23.3 Å². The Morgan fingerprint density at radius 3 is 2.90 bits per heavy atom. The van der Waals surface area contributed by atoms with Gasteiger partial charge in [-0.1, -0.05) is 11.6 Å². The Hall–Kier alpha value is -2.14. The highest BCUT2D eigenvalue weighted by Gasteiger charge is 2.12. The predicted octanol–water partition coefficient (Wildman–Crippen LogP) is 2.80. The number of hydrogen-bond donors (Lipinski definition) is 2. The highest BCUT2D eigenvalue weighted by atomic mass is 35.5. The molecule has 2 aromatic rings. The number of rotatable bonds is 5. The van der Waals surface area contributed by atoms with Crippen LogP contribution in [0, 0.1) is 6.92 Å². The Morgan fingerprint density at radius 1 is 1.38 bits per heavy atom. The summed E-state index contributed by atoms with van der Waals surface area (Å²) >= 11 is 6.04. The number of amides is 1. The van der Waals surface area contributed by atoms with Crippen LogP contribution in [0.15, 0.2) is 30.7 Å². The number of nitrogens with zero attached hydrogens (tertiary/aromatic N) is 2. The van der Waals surface area contributed by atoms with Gasteiger partial charge in [-0.25, -0.2) is 4.98 Å². The van der Waals surface area contributed by atoms with Gasteiger partial charge in [-0.3, -0.25) is 9.78 Å². The normalized spacial score (nSPS) is 10.2. The van der Waals surface area contributed by atoms with Gasteiger partial charge < -0.3 is 10.6 Å². The molecule has 6 heteroatoms. The van der Waals surface area contributed by atoms with Gasteiger partial charge in [-0.2, -0.15) is 0 Å². The van der Waals surface area contributed by atoms with E-state index in [9.17, 15) is 4.79 Å². The zero-order valence-corrected chi connectivity index (χ0v) is 12.7. The molecule has 0 fully saturated rings. The number of anilines is 1. The van der Waals surface area contributed by atoms with Crippen molar-refractivity contribution in [3.8, 4) is 0 Å². The first-order valence-electron chi connectivity index (χ1n) is 6.69. The lowest BCUT2D eigenvalue weighted by molar-refractivity contribution is 0.0951. The first-order valence-corrected chi connectivity index (χ1v) is 7.06. The van der Waals surface area contributed by atoms with Crippen molar-refractivity contribution in [2.75, 3.05) is 11.9 Å². The third-order valence-corrected chi connectivity index (χ3v) is 3.33. The van der Waals surface area contributed by atoms with E-state index in [1.807, 2.05) is 19.9 Å². The smallest absolute Gasteiger partial charge is 0.253 e. The summed E-state index contributed by atoms with van der Waals surface area (Å²) in [4.78, 5) is 20.4. The average Bonchev–Trinajstić information content (AvgIpc) is 2.48. The van der Waals surface area contributed by atoms with Gasteiger partial charge in [0.2, 0.25) is 0 Å².